The normalized spacial score (nSPS) is 23.5. The molecule has 1 atom stereocenters. The molecule has 1 saturated heterocycles. The summed E-state index contributed by atoms with van der Waals surface area (Å²) in [7, 11) is 1.49. The van der Waals surface area contributed by atoms with Crippen molar-refractivity contribution in [1.29, 1.82) is 0 Å². The molecule has 1 unspecified atom stereocenters. The third-order valence-electron chi connectivity index (χ3n) is 1.74. The van der Waals surface area contributed by atoms with E-state index >= 15 is 0 Å². The van der Waals surface area contributed by atoms with Crippen LogP contribution in [0.25, 0.3) is 0 Å². The van der Waals surface area contributed by atoms with Crippen LogP contribution in [-0.2, 0) is 4.84 Å². The van der Waals surface area contributed by atoms with E-state index in [1.165, 1.54) is 13.5 Å². The smallest absolute Gasteiger partial charge is 0.0921 e. The summed E-state index contributed by atoms with van der Waals surface area (Å²) in [4.78, 5) is 14.8. The van der Waals surface area contributed by atoms with Crippen molar-refractivity contribution in [2.45, 2.75) is 18.9 Å². The van der Waals surface area contributed by atoms with Crippen LogP contribution in [0.2, 0.25) is 0 Å². The Hall–Kier alpha value is -0.680. The molecule has 0 aromatic heterocycles. The summed E-state index contributed by atoms with van der Waals surface area (Å²) in [5.41, 5.74) is 0. The molecule has 0 spiro atoms. The predicted molar refractivity (Wildman–Crippen MR) is 40.5 cm³/mol. The zero-order chi connectivity index (χ0) is 8.10. The molecule has 0 aliphatic carbocycles. The lowest BCUT2D eigenvalue weighted by atomic mass is 10.2. The number of hydroxylamine groups is 1. The lowest BCUT2D eigenvalue weighted by Gasteiger charge is -2.12. The highest BCUT2D eigenvalue weighted by molar-refractivity contribution is 4.72. The molecular weight excluding hydrogens is 146 g/mol. The van der Waals surface area contributed by atoms with Crippen molar-refractivity contribution in [3.8, 4) is 0 Å². The van der Waals surface area contributed by atoms with Gasteiger partial charge in [0.1, 0.15) is 0 Å². The standard InChI is InChI=1S/C6H13N3O2/c1-9(8-10)11-5-6-3-2-4-7-6/h6-7H,2-5H2,1H3. The van der Waals surface area contributed by atoms with E-state index in [1.54, 1.807) is 0 Å². The van der Waals surface area contributed by atoms with Gasteiger partial charge in [-0.3, -0.25) is 4.84 Å². The molecule has 0 amide bonds. The van der Waals surface area contributed by atoms with Gasteiger partial charge in [-0.05, 0) is 19.4 Å². The number of nitroso groups, excluding NO2 is 1. The Kier molecular flexibility index (Phi) is 3.25. The van der Waals surface area contributed by atoms with Gasteiger partial charge in [0.25, 0.3) is 0 Å². The zero-order valence-corrected chi connectivity index (χ0v) is 6.62. The number of hydrogen-bond donors (Lipinski definition) is 1. The zero-order valence-electron chi connectivity index (χ0n) is 6.62. The fraction of sp³-hybridized carbons (Fsp3) is 1.00. The molecule has 0 saturated carbocycles. The van der Waals surface area contributed by atoms with Crippen LogP contribution >= 0.6 is 0 Å². The highest BCUT2D eigenvalue weighted by Crippen LogP contribution is 2.05. The number of hydrogen-bond acceptors (Lipinski definition) is 4. The Labute approximate surface area is 65.6 Å². The third-order valence-corrected chi connectivity index (χ3v) is 1.74. The second kappa shape index (κ2) is 4.25. The minimum atomic E-state index is 0.388. The fourth-order valence-corrected chi connectivity index (χ4v) is 1.12. The van der Waals surface area contributed by atoms with Gasteiger partial charge in [0.05, 0.1) is 18.9 Å². The maximum absolute atomic E-state index is 9.84. The van der Waals surface area contributed by atoms with E-state index < -0.39 is 0 Å². The van der Waals surface area contributed by atoms with Gasteiger partial charge in [-0.25, -0.2) is 0 Å². The van der Waals surface area contributed by atoms with Gasteiger partial charge in [0, 0.05) is 6.04 Å². The van der Waals surface area contributed by atoms with Crippen LogP contribution in [-0.4, -0.2) is 31.4 Å². The molecule has 0 bridgehead atoms. The number of nitrogens with zero attached hydrogens (tertiary/aromatic N) is 2. The van der Waals surface area contributed by atoms with Crippen molar-refractivity contribution in [1.82, 2.24) is 10.5 Å². The largest absolute Gasteiger partial charge is 0.312 e. The molecule has 0 aromatic rings. The molecule has 5 nitrogen and oxygen atoms in total. The van der Waals surface area contributed by atoms with Crippen molar-refractivity contribution in [2.75, 3.05) is 20.2 Å². The number of rotatable bonds is 4. The summed E-state index contributed by atoms with van der Waals surface area (Å²) < 4.78 is 0. The van der Waals surface area contributed by atoms with E-state index in [9.17, 15) is 4.91 Å². The molecule has 1 aliphatic heterocycles. The minimum Gasteiger partial charge on any atom is -0.312 e. The summed E-state index contributed by atoms with van der Waals surface area (Å²) in [6, 6.07) is 0.388. The van der Waals surface area contributed by atoms with E-state index in [2.05, 4.69) is 10.6 Å². The van der Waals surface area contributed by atoms with Crippen molar-refractivity contribution < 1.29 is 4.84 Å². The Morgan fingerprint density at radius 1 is 1.82 bits per heavy atom. The number of nitrogens with one attached hydrogen (secondary N) is 1. The topological polar surface area (TPSA) is 53.9 Å². The average molecular weight is 159 g/mol. The van der Waals surface area contributed by atoms with E-state index in [0.717, 1.165) is 18.1 Å². The highest BCUT2D eigenvalue weighted by atomic mass is 16.7. The van der Waals surface area contributed by atoms with Gasteiger partial charge in [-0.2, -0.15) is 0 Å². The summed E-state index contributed by atoms with van der Waals surface area (Å²) >= 11 is 0. The summed E-state index contributed by atoms with van der Waals surface area (Å²) in [5, 5.41) is 6.77. The van der Waals surface area contributed by atoms with Crippen LogP contribution in [0.4, 0.5) is 0 Å². The van der Waals surface area contributed by atoms with Crippen molar-refractivity contribution >= 4 is 0 Å². The van der Waals surface area contributed by atoms with E-state index in [4.69, 9.17) is 4.84 Å². The van der Waals surface area contributed by atoms with Gasteiger partial charge in [-0.15, -0.1) is 10.1 Å². The molecule has 0 radical (unpaired) electrons. The van der Waals surface area contributed by atoms with Crippen LogP contribution in [0, 0.1) is 4.91 Å². The monoisotopic (exact) mass is 159 g/mol. The summed E-state index contributed by atoms with van der Waals surface area (Å²) in [6.07, 6.45) is 2.30. The quantitative estimate of drug-likeness (QED) is 0.473. The van der Waals surface area contributed by atoms with Crippen LogP contribution in [0.5, 0.6) is 0 Å². The van der Waals surface area contributed by atoms with Gasteiger partial charge in [0.15, 0.2) is 0 Å². The van der Waals surface area contributed by atoms with E-state index in [-0.39, 0.29) is 0 Å². The highest BCUT2D eigenvalue weighted by Gasteiger charge is 2.14. The first-order chi connectivity index (χ1) is 5.33. The second-order valence-corrected chi connectivity index (χ2v) is 2.63. The fourth-order valence-electron chi connectivity index (χ4n) is 1.12. The maximum atomic E-state index is 9.84. The van der Waals surface area contributed by atoms with Crippen molar-refractivity contribution in [3.63, 3.8) is 0 Å². The predicted octanol–water partition coefficient (Wildman–Crippen LogP) is 0.283. The van der Waals surface area contributed by atoms with Crippen LogP contribution in [0.15, 0.2) is 5.29 Å². The Morgan fingerprint density at radius 2 is 2.64 bits per heavy atom. The SMILES string of the molecule is CN(N=O)OCC1CCCN1. The molecule has 1 aliphatic rings. The van der Waals surface area contributed by atoms with Crippen molar-refractivity contribution in [2.24, 2.45) is 5.29 Å². The lowest BCUT2D eigenvalue weighted by molar-refractivity contribution is -0.146. The van der Waals surface area contributed by atoms with Gasteiger partial charge < -0.3 is 5.32 Å². The lowest BCUT2D eigenvalue weighted by Crippen LogP contribution is -2.29. The van der Waals surface area contributed by atoms with Gasteiger partial charge in [0.2, 0.25) is 0 Å². The first-order valence-corrected chi connectivity index (χ1v) is 3.76. The first-order valence-electron chi connectivity index (χ1n) is 3.76. The molecule has 64 valence electrons. The molecule has 1 N–H and O–H groups in total. The first kappa shape index (κ1) is 8.42. The van der Waals surface area contributed by atoms with Crippen LogP contribution in [0.1, 0.15) is 12.8 Å². The Morgan fingerprint density at radius 3 is 3.18 bits per heavy atom. The third kappa shape index (κ3) is 2.81. The molecule has 1 fully saturated rings. The summed E-state index contributed by atoms with van der Waals surface area (Å²) in [6.45, 7) is 1.58. The second-order valence-electron chi connectivity index (χ2n) is 2.63. The molecule has 5 heteroatoms. The molecular formula is C6H13N3O2. The Balaban J connectivity index is 2.06. The van der Waals surface area contributed by atoms with Gasteiger partial charge >= 0.3 is 0 Å². The maximum Gasteiger partial charge on any atom is 0.0921 e. The van der Waals surface area contributed by atoms with Crippen LogP contribution < -0.4 is 5.32 Å². The molecule has 1 rings (SSSR count). The van der Waals surface area contributed by atoms with Crippen molar-refractivity contribution in [3.05, 3.63) is 4.91 Å². The van der Waals surface area contributed by atoms with E-state index in [1.807, 2.05) is 0 Å². The molecule has 0 aromatic carbocycles. The van der Waals surface area contributed by atoms with Gasteiger partial charge in [-0.1, -0.05) is 0 Å². The molecule has 1 heterocycles. The van der Waals surface area contributed by atoms with E-state index in [0.29, 0.717) is 12.6 Å². The minimum absolute atomic E-state index is 0.388. The van der Waals surface area contributed by atoms with Crippen LogP contribution in [0.3, 0.4) is 0 Å². The average Bonchev–Trinajstić information content (AvgIpc) is 2.52. The molecule has 11 heavy (non-hydrogen) atoms. The Bertz CT molecular complexity index is 125. The summed E-state index contributed by atoms with van der Waals surface area (Å²) in [5.74, 6) is 0.